The molecule has 1 aromatic carbocycles. The molecule has 1 atom stereocenters. The largest absolute Gasteiger partial charge is 0.374 e. The van der Waals surface area contributed by atoms with E-state index >= 15 is 0 Å². The van der Waals surface area contributed by atoms with Crippen molar-refractivity contribution in [3.63, 3.8) is 0 Å². The van der Waals surface area contributed by atoms with Gasteiger partial charge in [0.05, 0.1) is 6.07 Å². The van der Waals surface area contributed by atoms with Gasteiger partial charge in [0.1, 0.15) is 5.82 Å². The van der Waals surface area contributed by atoms with Crippen molar-refractivity contribution in [3.8, 4) is 6.07 Å². The van der Waals surface area contributed by atoms with Crippen molar-refractivity contribution in [3.05, 3.63) is 34.1 Å². The lowest BCUT2D eigenvalue weighted by molar-refractivity contribution is 0.230. The summed E-state index contributed by atoms with van der Waals surface area (Å²) in [4.78, 5) is 0. The van der Waals surface area contributed by atoms with Crippen LogP contribution in [0, 0.1) is 17.1 Å². The van der Waals surface area contributed by atoms with E-state index in [1.54, 1.807) is 12.1 Å². The first-order valence-electron chi connectivity index (χ1n) is 3.18. The molecule has 0 aromatic heterocycles. The Labute approximate surface area is 77.4 Å². The first kappa shape index (κ1) is 9.17. The Bertz CT molecular complexity index is 334. The highest BCUT2D eigenvalue weighted by Crippen LogP contribution is 2.20. The summed E-state index contributed by atoms with van der Waals surface area (Å²) < 4.78 is 13.5. The van der Waals surface area contributed by atoms with Gasteiger partial charge in [-0.25, -0.2) is 4.39 Å². The molecule has 4 heteroatoms. The maximum absolute atomic E-state index is 12.9. The van der Waals surface area contributed by atoms with Crippen LogP contribution in [0.4, 0.5) is 4.39 Å². The van der Waals surface area contributed by atoms with Crippen LogP contribution in [-0.4, -0.2) is 5.11 Å². The second-order valence-electron chi connectivity index (χ2n) is 2.20. The average molecular weight is 230 g/mol. The van der Waals surface area contributed by atoms with Gasteiger partial charge >= 0.3 is 0 Å². The fourth-order valence-corrected chi connectivity index (χ4v) is 1.13. The van der Waals surface area contributed by atoms with Gasteiger partial charge in [-0.1, -0.05) is 22.0 Å². The van der Waals surface area contributed by atoms with Crippen LogP contribution in [0.25, 0.3) is 0 Å². The Kier molecular flexibility index (Phi) is 2.79. The summed E-state index contributed by atoms with van der Waals surface area (Å²) in [6, 6.07) is 5.68. The zero-order valence-electron chi connectivity index (χ0n) is 5.96. The monoisotopic (exact) mass is 229 g/mol. The zero-order valence-corrected chi connectivity index (χ0v) is 7.55. The van der Waals surface area contributed by atoms with E-state index < -0.39 is 11.9 Å². The van der Waals surface area contributed by atoms with E-state index in [0.717, 1.165) is 0 Å². The van der Waals surface area contributed by atoms with E-state index in [4.69, 9.17) is 10.4 Å². The minimum Gasteiger partial charge on any atom is -0.374 e. The molecule has 0 saturated carbocycles. The average Bonchev–Trinajstić information content (AvgIpc) is 2.03. The maximum Gasteiger partial charge on any atom is 0.168 e. The maximum atomic E-state index is 12.9. The molecule has 0 radical (unpaired) electrons. The van der Waals surface area contributed by atoms with Crippen molar-refractivity contribution < 1.29 is 9.50 Å². The summed E-state index contributed by atoms with van der Waals surface area (Å²) in [5, 5.41) is 17.3. The van der Waals surface area contributed by atoms with Gasteiger partial charge in [0.2, 0.25) is 0 Å². The quantitative estimate of drug-likeness (QED) is 0.751. The van der Waals surface area contributed by atoms with Crippen molar-refractivity contribution in [2.75, 3.05) is 0 Å². The zero-order chi connectivity index (χ0) is 9.14. The summed E-state index contributed by atoms with van der Waals surface area (Å²) in [7, 11) is 0. The number of nitriles is 1. The van der Waals surface area contributed by atoms with Crippen molar-refractivity contribution in [1.29, 1.82) is 5.26 Å². The second-order valence-corrected chi connectivity index (χ2v) is 3.11. The Morgan fingerprint density at radius 2 is 2.25 bits per heavy atom. The molecule has 0 amide bonds. The molecule has 0 aliphatic carbocycles. The van der Waals surface area contributed by atoms with E-state index in [1.165, 1.54) is 12.1 Å². The van der Waals surface area contributed by atoms with Crippen LogP contribution in [0.15, 0.2) is 22.7 Å². The van der Waals surface area contributed by atoms with E-state index in [2.05, 4.69) is 15.9 Å². The lowest BCUT2D eigenvalue weighted by Crippen LogP contribution is -1.96. The Hall–Kier alpha value is -0.920. The van der Waals surface area contributed by atoms with Gasteiger partial charge < -0.3 is 5.11 Å². The first-order valence-corrected chi connectivity index (χ1v) is 3.97. The lowest BCUT2D eigenvalue weighted by Gasteiger charge is -2.03. The number of rotatable bonds is 1. The molecule has 62 valence electrons. The second kappa shape index (κ2) is 3.65. The van der Waals surface area contributed by atoms with Gasteiger partial charge in [-0.05, 0) is 12.1 Å². The van der Waals surface area contributed by atoms with E-state index in [9.17, 15) is 4.39 Å². The third kappa shape index (κ3) is 1.81. The number of benzene rings is 1. The van der Waals surface area contributed by atoms with Crippen LogP contribution in [0.3, 0.4) is 0 Å². The summed E-state index contributed by atoms with van der Waals surface area (Å²) in [6.07, 6.45) is -1.39. The Balaban J connectivity index is 3.11. The number of nitrogens with zero attached hydrogens (tertiary/aromatic N) is 1. The van der Waals surface area contributed by atoms with Crippen molar-refractivity contribution in [1.82, 2.24) is 0 Å². The highest BCUT2D eigenvalue weighted by Gasteiger charge is 2.10. The predicted molar refractivity (Wildman–Crippen MR) is 44.7 cm³/mol. The predicted octanol–water partition coefficient (Wildman–Crippen LogP) is 2.15. The molecule has 1 rings (SSSR count). The molecule has 0 bridgehead atoms. The third-order valence-electron chi connectivity index (χ3n) is 1.38. The van der Waals surface area contributed by atoms with Crippen molar-refractivity contribution in [2.45, 2.75) is 6.10 Å². The number of hydrogen-bond donors (Lipinski definition) is 1. The molecule has 12 heavy (non-hydrogen) atoms. The molecule has 0 heterocycles. The molecule has 0 unspecified atom stereocenters. The summed E-state index contributed by atoms with van der Waals surface area (Å²) >= 11 is 3.06. The fraction of sp³-hybridized carbons (Fsp3) is 0.125. The van der Waals surface area contributed by atoms with E-state index in [1.807, 2.05) is 0 Å². The SMILES string of the molecule is N#C[C@@H](O)c1ccc(Br)cc1F. The van der Waals surface area contributed by atoms with Gasteiger partial charge in [-0.3, -0.25) is 0 Å². The van der Waals surface area contributed by atoms with Gasteiger partial charge in [0, 0.05) is 10.0 Å². The van der Waals surface area contributed by atoms with Crippen LogP contribution in [0.5, 0.6) is 0 Å². The lowest BCUT2D eigenvalue weighted by atomic mass is 10.1. The Morgan fingerprint density at radius 3 is 2.75 bits per heavy atom. The summed E-state index contributed by atoms with van der Waals surface area (Å²) in [5.41, 5.74) is 0.000648. The van der Waals surface area contributed by atoms with Crippen LogP contribution in [-0.2, 0) is 0 Å². The smallest absolute Gasteiger partial charge is 0.168 e. The molecule has 1 N–H and O–H groups in total. The molecule has 0 saturated heterocycles. The van der Waals surface area contributed by atoms with E-state index in [0.29, 0.717) is 4.47 Å². The molecule has 0 aliphatic heterocycles. The number of hydrogen-bond acceptors (Lipinski definition) is 2. The Morgan fingerprint density at radius 1 is 1.58 bits per heavy atom. The highest BCUT2D eigenvalue weighted by atomic mass is 79.9. The van der Waals surface area contributed by atoms with Gasteiger partial charge in [0.25, 0.3) is 0 Å². The first-order chi connectivity index (χ1) is 5.65. The minimum atomic E-state index is -1.39. The molecular formula is C8H5BrFNO. The van der Waals surface area contributed by atoms with Crippen LogP contribution < -0.4 is 0 Å². The topological polar surface area (TPSA) is 44.0 Å². The normalized spacial score (nSPS) is 12.2. The standard InChI is InChI=1S/C8H5BrFNO/c9-5-1-2-6(7(10)3-5)8(12)4-11/h1-3,8,12H/t8-/m1/s1. The van der Waals surface area contributed by atoms with Gasteiger partial charge in [-0.15, -0.1) is 0 Å². The number of halogens is 2. The highest BCUT2D eigenvalue weighted by molar-refractivity contribution is 9.10. The third-order valence-corrected chi connectivity index (χ3v) is 1.87. The van der Waals surface area contributed by atoms with Gasteiger partial charge in [-0.2, -0.15) is 5.26 Å². The molecule has 1 aromatic rings. The van der Waals surface area contributed by atoms with Crippen molar-refractivity contribution >= 4 is 15.9 Å². The van der Waals surface area contributed by atoms with Crippen LogP contribution >= 0.6 is 15.9 Å². The van der Waals surface area contributed by atoms with E-state index in [-0.39, 0.29) is 5.56 Å². The van der Waals surface area contributed by atoms with Gasteiger partial charge in [0.15, 0.2) is 6.10 Å². The summed E-state index contributed by atoms with van der Waals surface area (Å²) in [5.74, 6) is -0.585. The summed E-state index contributed by atoms with van der Waals surface area (Å²) in [6.45, 7) is 0. The number of aliphatic hydroxyl groups is 1. The fourth-order valence-electron chi connectivity index (χ4n) is 0.793. The molecule has 0 fully saturated rings. The van der Waals surface area contributed by atoms with Crippen molar-refractivity contribution in [2.24, 2.45) is 0 Å². The molecule has 2 nitrogen and oxygen atoms in total. The molecule has 0 aliphatic rings. The molecular weight excluding hydrogens is 225 g/mol. The van der Waals surface area contributed by atoms with Crippen LogP contribution in [0.1, 0.15) is 11.7 Å². The molecule has 0 spiro atoms. The number of aliphatic hydroxyl groups excluding tert-OH is 1. The van der Waals surface area contributed by atoms with Crippen LogP contribution in [0.2, 0.25) is 0 Å². The minimum absolute atomic E-state index is 0.000648.